The zero-order valence-corrected chi connectivity index (χ0v) is 11.6. The number of piperidine rings is 1. The van der Waals surface area contributed by atoms with Gasteiger partial charge >= 0.3 is 0 Å². The standard InChI is InChI=1S/C14H22N2O2/c1-10-11(5-7-15-10)12(17)16-8-6-14(4,18)13(2,3)9-16/h5,7,15,18H,6,8-9H2,1-4H3/t14-/m1/s1. The number of aromatic nitrogens is 1. The molecular formula is C14H22N2O2. The molecule has 0 radical (unpaired) electrons. The fourth-order valence-corrected chi connectivity index (χ4v) is 2.45. The topological polar surface area (TPSA) is 56.3 Å². The van der Waals surface area contributed by atoms with E-state index in [0.717, 1.165) is 11.3 Å². The Morgan fingerprint density at radius 2 is 2.11 bits per heavy atom. The first-order chi connectivity index (χ1) is 8.24. The highest BCUT2D eigenvalue weighted by atomic mass is 16.3. The average Bonchev–Trinajstić information content (AvgIpc) is 2.68. The molecule has 2 rings (SSSR count). The van der Waals surface area contributed by atoms with Crippen LogP contribution in [0.3, 0.4) is 0 Å². The van der Waals surface area contributed by atoms with Gasteiger partial charge in [0.2, 0.25) is 0 Å². The number of H-pyrrole nitrogens is 1. The Kier molecular flexibility index (Phi) is 3.01. The van der Waals surface area contributed by atoms with Crippen molar-refractivity contribution >= 4 is 5.91 Å². The van der Waals surface area contributed by atoms with Crippen LogP contribution in [0.5, 0.6) is 0 Å². The third kappa shape index (κ3) is 2.05. The minimum absolute atomic E-state index is 0.0531. The molecule has 0 aliphatic carbocycles. The molecular weight excluding hydrogens is 228 g/mol. The molecule has 0 unspecified atom stereocenters. The van der Waals surface area contributed by atoms with Crippen molar-refractivity contribution in [2.45, 2.75) is 39.7 Å². The van der Waals surface area contributed by atoms with Crippen LogP contribution in [0.25, 0.3) is 0 Å². The monoisotopic (exact) mass is 250 g/mol. The van der Waals surface area contributed by atoms with Gasteiger partial charge in [-0.15, -0.1) is 0 Å². The molecule has 1 saturated heterocycles. The van der Waals surface area contributed by atoms with Gasteiger partial charge in [-0.2, -0.15) is 0 Å². The molecule has 18 heavy (non-hydrogen) atoms. The van der Waals surface area contributed by atoms with Gasteiger partial charge in [0.05, 0.1) is 11.2 Å². The van der Waals surface area contributed by atoms with E-state index < -0.39 is 5.60 Å². The molecule has 100 valence electrons. The molecule has 4 heteroatoms. The summed E-state index contributed by atoms with van der Waals surface area (Å²) in [6, 6.07) is 1.82. The second kappa shape index (κ2) is 4.12. The van der Waals surface area contributed by atoms with Gasteiger partial charge in [0.1, 0.15) is 0 Å². The number of aliphatic hydroxyl groups is 1. The molecule has 1 aliphatic heterocycles. The minimum atomic E-state index is -0.711. The van der Waals surface area contributed by atoms with Crippen LogP contribution in [0.1, 0.15) is 43.2 Å². The molecule has 1 fully saturated rings. The molecule has 0 spiro atoms. The number of hydrogen-bond donors (Lipinski definition) is 2. The molecule has 0 aromatic carbocycles. The van der Waals surface area contributed by atoms with Gasteiger partial charge in [-0.3, -0.25) is 4.79 Å². The van der Waals surface area contributed by atoms with Crippen LogP contribution in [0, 0.1) is 12.3 Å². The van der Waals surface area contributed by atoms with E-state index in [0.29, 0.717) is 19.5 Å². The molecule has 4 nitrogen and oxygen atoms in total. The maximum Gasteiger partial charge on any atom is 0.255 e. The molecule has 1 aromatic rings. The lowest BCUT2D eigenvalue weighted by atomic mass is 9.71. The fourth-order valence-electron chi connectivity index (χ4n) is 2.45. The summed E-state index contributed by atoms with van der Waals surface area (Å²) in [6.45, 7) is 8.98. The largest absolute Gasteiger partial charge is 0.389 e. The summed E-state index contributed by atoms with van der Waals surface area (Å²) in [6.07, 6.45) is 2.41. The van der Waals surface area contributed by atoms with Crippen molar-refractivity contribution in [1.29, 1.82) is 0 Å². The SMILES string of the molecule is Cc1[nH]ccc1C(=O)N1CC[C@@](C)(O)C(C)(C)C1. The number of amides is 1. The van der Waals surface area contributed by atoms with E-state index in [1.54, 1.807) is 6.20 Å². The Morgan fingerprint density at radius 1 is 1.44 bits per heavy atom. The lowest BCUT2D eigenvalue weighted by Crippen LogP contribution is -2.57. The zero-order valence-electron chi connectivity index (χ0n) is 11.6. The van der Waals surface area contributed by atoms with E-state index >= 15 is 0 Å². The van der Waals surface area contributed by atoms with Gasteiger partial charge < -0.3 is 15.0 Å². The van der Waals surface area contributed by atoms with Gasteiger partial charge in [-0.25, -0.2) is 0 Å². The summed E-state index contributed by atoms with van der Waals surface area (Å²) in [4.78, 5) is 17.3. The summed E-state index contributed by atoms with van der Waals surface area (Å²) in [7, 11) is 0. The number of aryl methyl sites for hydroxylation is 1. The lowest BCUT2D eigenvalue weighted by Gasteiger charge is -2.48. The molecule has 1 aromatic heterocycles. The number of hydrogen-bond acceptors (Lipinski definition) is 2. The highest BCUT2D eigenvalue weighted by molar-refractivity contribution is 5.95. The highest BCUT2D eigenvalue weighted by Crippen LogP contribution is 2.38. The van der Waals surface area contributed by atoms with Crippen LogP contribution in [0.15, 0.2) is 12.3 Å². The quantitative estimate of drug-likeness (QED) is 0.800. The van der Waals surface area contributed by atoms with E-state index in [4.69, 9.17) is 0 Å². The molecule has 2 heterocycles. The van der Waals surface area contributed by atoms with Gasteiger partial charge in [0.15, 0.2) is 0 Å². The van der Waals surface area contributed by atoms with Gasteiger partial charge in [-0.05, 0) is 26.3 Å². The van der Waals surface area contributed by atoms with E-state index in [2.05, 4.69) is 4.98 Å². The van der Waals surface area contributed by atoms with Crippen molar-refractivity contribution in [2.24, 2.45) is 5.41 Å². The first-order valence-electron chi connectivity index (χ1n) is 6.40. The van der Waals surface area contributed by atoms with Crippen molar-refractivity contribution < 1.29 is 9.90 Å². The molecule has 1 aliphatic rings. The summed E-state index contributed by atoms with van der Waals surface area (Å²) in [5.74, 6) is 0.0531. The number of carbonyl (C=O) groups excluding carboxylic acids is 1. The lowest BCUT2D eigenvalue weighted by molar-refractivity contribution is -0.0971. The Hall–Kier alpha value is -1.29. The molecule has 0 saturated carbocycles. The highest BCUT2D eigenvalue weighted by Gasteiger charge is 2.45. The molecule has 2 N–H and O–H groups in total. The van der Waals surface area contributed by atoms with Crippen LogP contribution in [-0.2, 0) is 0 Å². The zero-order chi connectivity index (χ0) is 13.6. The van der Waals surface area contributed by atoms with E-state index in [1.807, 2.05) is 38.7 Å². The maximum absolute atomic E-state index is 12.4. The number of nitrogens with one attached hydrogen (secondary N) is 1. The fraction of sp³-hybridized carbons (Fsp3) is 0.643. The second-order valence-corrected chi connectivity index (χ2v) is 6.15. The van der Waals surface area contributed by atoms with Crippen LogP contribution in [0.4, 0.5) is 0 Å². The van der Waals surface area contributed by atoms with E-state index in [1.165, 1.54) is 0 Å². The second-order valence-electron chi connectivity index (χ2n) is 6.15. The number of likely N-dealkylation sites (tertiary alicyclic amines) is 1. The molecule has 1 amide bonds. The average molecular weight is 250 g/mol. The van der Waals surface area contributed by atoms with Crippen molar-refractivity contribution in [3.8, 4) is 0 Å². The Morgan fingerprint density at radius 3 is 2.61 bits per heavy atom. The van der Waals surface area contributed by atoms with Crippen LogP contribution in [0.2, 0.25) is 0 Å². The molecule has 1 atom stereocenters. The summed E-state index contributed by atoms with van der Waals surface area (Å²) in [5.41, 5.74) is 0.629. The van der Waals surface area contributed by atoms with Gasteiger partial charge in [0, 0.05) is 30.4 Å². The van der Waals surface area contributed by atoms with E-state index in [-0.39, 0.29) is 11.3 Å². The van der Waals surface area contributed by atoms with Crippen LogP contribution in [-0.4, -0.2) is 39.6 Å². The van der Waals surface area contributed by atoms with E-state index in [9.17, 15) is 9.90 Å². The molecule has 0 bridgehead atoms. The maximum atomic E-state index is 12.4. The Balaban J connectivity index is 2.18. The van der Waals surface area contributed by atoms with Crippen LogP contribution < -0.4 is 0 Å². The van der Waals surface area contributed by atoms with Crippen molar-refractivity contribution in [3.05, 3.63) is 23.5 Å². The smallest absolute Gasteiger partial charge is 0.255 e. The summed E-state index contributed by atoms with van der Waals surface area (Å²) in [5, 5.41) is 10.3. The van der Waals surface area contributed by atoms with Crippen molar-refractivity contribution in [1.82, 2.24) is 9.88 Å². The normalized spacial score (nSPS) is 27.3. The predicted octanol–water partition coefficient (Wildman–Crippen LogP) is 1.95. The number of carbonyl (C=O) groups is 1. The van der Waals surface area contributed by atoms with Gasteiger partial charge in [0.25, 0.3) is 5.91 Å². The Labute approximate surface area is 108 Å². The summed E-state index contributed by atoms with van der Waals surface area (Å²) < 4.78 is 0. The first kappa shape index (κ1) is 13.1. The third-order valence-corrected chi connectivity index (χ3v) is 4.38. The van der Waals surface area contributed by atoms with Gasteiger partial charge in [-0.1, -0.05) is 13.8 Å². The minimum Gasteiger partial charge on any atom is -0.389 e. The van der Waals surface area contributed by atoms with Crippen LogP contribution >= 0.6 is 0 Å². The third-order valence-electron chi connectivity index (χ3n) is 4.38. The number of rotatable bonds is 1. The number of nitrogens with zero attached hydrogens (tertiary/aromatic N) is 1. The Bertz CT molecular complexity index is 460. The number of aromatic amines is 1. The van der Waals surface area contributed by atoms with Crippen molar-refractivity contribution in [3.63, 3.8) is 0 Å². The first-order valence-corrected chi connectivity index (χ1v) is 6.40. The summed E-state index contributed by atoms with van der Waals surface area (Å²) >= 11 is 0. The van der Waals surface area contributed by atoms with Crippen molar-refractivity contribution in [2.75, 3.05) is 13.1 Å². The predicted molar refractivity (Wildman–Crippen MR) is 70.5 cm³/mol.